The van der Waals surface area contributed by atoms with Crippen molar-refractivity contribution in [3.05, 3.63) is 35.0 Å². The molecule has 1 aliphatic carbocycles. The second-order valence-electron chi connectivity index (χ2n) is 8.71. The number of aromatic nitrogens is 1. The van der Waals surface area contributed by atoms with E-state index in [4.69, 9.17) is 0 Å². The van der Waals surface area contributed by atoms with Gasteiger partial charge in [0.25, 0.3) is 0 Å². The molecular formula is C20H28N2. The number of likely N-dealkylation sites (N-methyl/N-ethyl adjacent to an activating group) is 1. The minimum absolute atomic E-state index is 0.203. The largest absolute Gasteiger partial charge is 0.361 e. The monoisotopic (exact) mass is 296 g/mol. The van der Waals surface area contributed by atoms with Gasteiger partial charge in [-0.05, 0) is 54.0 Å². The number of aromatic amines is 1. The molecule has 1 aromatic carbocycles. The molecule has 2 nitrogen and oxygen atoms in total. The first-order chi connectivity index (χ1) is 10.3. The molecule has 0 bridgehead atoms. The topological polar surface area (TPSA) is 19.0 Å². The number of benzene rings is 1. The third kappa shape index (κ3) is 2.04. The summed E-state index contributed by atoms with van der Waals surface area (Å²) in [6, 6.07) is 5.57. The molecule has 1 N–H and O–H groups in total. The van der Waals surface area contributed by atoms with Crippen LogP contribution in [0.2, 0.25) is 0 Å². The fourth-order valence-electron chi connectivity index (χ4n) is 4.72. The minimum atomic E-state index is 0.203. The van der Waals surface area contributed by atoms with Gasteiger partial charge < -0.3 is 9.88 Å². The number of hydrogen-bond donors (Lipinski definition) is 1. The molecular weight excluding hydrogens is 268 g/mol. The van der Waals surface area contributed by atoms with Crippen LogP contribution in [0.25, 0.3) is 10.9 Å². The Kier molecular flexibility index (Phi) is 3.00. The molecule has 22 heavy (non-hydrogen) atoms. The molecule has 0 radical (unpaired) electrons. The van der Waals surface area contributed by atoms with Crippen molar-refractivity contribution in [2.24, 2.45) is 5.92 Å². The fraction of sp³-hybridized carbons (Fsp3) is 0.600. The zero-order valence-corrected chi connectivity index (χ0v) is 14.5. The standard InChI is InChI=1S/C20H28N2/c1-12-6-15-16-8-14(20(2,3)4)9-17-19(16)13(10-21-17)7-18(15)22(5)11-12/h8-10,12,15,18,21H,6-7,11H2,1-5H3/t12-,15-,18-/m1/s1. The molecule has 2 aromatic rings. The maximum atomic E-state index is 3.55. The lowest BCUT2D eigenvalue weighted by Gasteiger charge is -2.45. The summed E-state index contributed by atoms with van der Waals surface area (Å²) in [6.07, 6.45) is 4.79. The van der Waals surface area contributed by atoms with Crippen molar-refractivity contribution in [3.63, 3.8) is 0 Å². The summed E-state index contributed by atoms with van der Waals surface area (Å²) in [7, 11) is 2.32. The van der Waals surface area contributed by atoms with E-state index in [-0.39, 0.29) is 5.41 Å². The van der Waals surface area contributed by atoms with E-state index in [1.165, 1.54) is 41.4 Å². The number of fused-ring (bicyclic) bond motifs is 2. The summed E-state index contributed by atoms with van der Waals surface area (Å²) in [5.41, 5.74) is 6.14. The summed E-state index contributed by atoms with van der Waals surface area (Å²) >= 11 is 0. The highest BCUT2D eigenvalue weighted by Crippen LogP contribution is 2.45. The van der Waals surface area contributed by atoms with Crippen LogP contribution in [0.5, 0.6) is 0 Å². The van der Waals surface area contributed by atoms with Gasteiger partial charge in [-0.3, -0.25) is 0 Å². The van der Waals surface area contributed by atoms with Gasteiger partial charge in [-0.2, -0.15) is 0 Å². The Balaban J connectivity index is 1.93. The summed E-state index contributed by atoms with van der Waals surface area (Å²) in [6.45, 7) is 10.6. The molecule has 2 aliphatic rings. The maximum absolute atomic E-state index is 3.55. The number of nitrogens with one attached hydrogen (secondary N) is 1. The molecule has 1 saturated heterocycles. The lowest BCUT2D eigenvalue weighted by Crippen LogP contribution is -2.47. The Labute approximate surface area is 133 Å². The number of rotatable bonds is 0. The van der Waals surface area contributed by atoms with Crippen LogP contribution in [0, 0.1) is 5.92 Å². The highest BCUT2D eigenvalue weighted by molar-refractivity contribution is 5.89. The molecule has 1 aliphatic heterocycles. The molecule has 0 saturated carbocycles. The first kappa shape index (κ1) is 14.3. The van der Waals surface area contributed by atoms with E-state index in [1.807, 2.05) is 0 Å². The van der Waals surface area contributed by atoms with Crippen molar-refractivity contribution < 1.29 is 0 Å². The van der Waals surface area contributed by atoms with Gasteiger partial charge in [-0.25, -0.2) is 0 Å². The van der Waals surface area contributed by atoms with Crippen molar-refractivity contribution in [2.45, 2.75) is 57.9 Å². The van der Waals surface area contributed by atoms with E-state index < -0.39 is 0 Å². The van der Waals surface area contributed by atoms with Crippen molar-refractivity contribution >= 4 is 10.9 Å². The molecule has 4 rings (SSSR count). The highest BCUT2D eigenvalue weighted by atomic mass is 15.1. The smallest absolute Gasteiger partial charge is 0.0462 e. The molecule has 2 heteroatoms. The van der Waals surface area contributed by atoms with Crippen molar-refractivity contribution in [2.75, 3.05) is 13.6 Å². The summed E-state index contributed by atoms with van der Waals surface area (Å²) in [5.74, 6) is 1.49. The zero-order valence-electron chi connectivity index (χ0n) is 14.5. The van der Waals surface area contributed by atoms with Gasteiger partial charge in [0.15, 0.2) is 0 Å². The first-order valence-corrected chi connectivity index (χ1v) is 8.69. The van der Waals surface area contributed by atoms with Gasteiger partial charge in [0.2, 0.25) is 0 Å². The fourth-order valence-corrected chi connectivity index (χ4v) is 4.72. The van der Waals surface area contributed by atoms with Gasteiger partial charge in [0.1, 0.15) is 0 Å². The number of likely N-dealkylation sites (tertiary alicyclic amines) is 1. The molecule has 1 aromatic heterocycles. The normalized spacial score (nSPS) is 28.9. The van der Waals surface area contributed by atoms with E-state index in [0.717, 1.165) is 5.92 Å². The average Bonchev–Trinajstić information content (AvgIpc) is 2.83. The minimum Gasteiger partial charge on any atom is -0.361 e. The lowest BCUT2D eigenvalue weighted by molar-refractivity contribution is 0.119. The van der Waals surface area contributed by atoms with Crippen LogP contribution in [-0.4, -0.2) is 29.5 Å². The van der Waals surface area contributed by atoms with Crippen LogP contribution in [0.1, 0.15) is 56.7 Å². The highest BCUT2D eigenvalue weighted by Gasteiger charge is 2.38. The van der Waals surface area contributed by atoms with Crippen LogP contribution >= 0.6 is 0 Å². The molecule has 3 atom stereocenters. The van der Waals surface area contributed by atoms with Gasteiger partial charge in [-0.1, -0.05) is 33.8 Å². The van der Waals surface area contributed by atoms with Gasteiger partial charge in [0.05, 0.1) is 0 Å². The quantitative estimate of drug-likeness (QED) is 0.761. The van der Waals surface area contributed by atoms with Gasteiger partial charge in [0, 0.05) is 35.6 Å². The summed E-state index contributed by atoms with van der Waals surface area (Å²) in [5, 5.41) is 1.52. The predicted octanol–water partition coefficient (Wildman–Crippen LogP) is 4.45. The van der Waals surface area contributed by atoms with Crippen LogP contribution in [0.4, 0.5) is 0 Å². The van der Waals surface area contributed by atoms with E-state index >= 15 is 0 Å². The Hall–Kier alpha value is -1.28. The molecule has 0 unspecified atom stereocenters. The van der Waals surface area contributed by atoms with E-state index in [0.29, 0.717) is 12.0 Å². The van der Waals surface area contributed by atoms with Crippen molar-refractivity contribution in [1.29, 1.82) is 0 Å². The lowest BCUT2D eigenvalue weighted by atomic mass is 9.71. The third-order valence-corrected chi connectivity index (χ3v) is 5.87. The van der Waals surface area contributed by atoms with E-state index in [2.05, 4.69) is 63.0 Å². The molecule has 0 spiro atoms. The van der Waals surface area contributed by atoms with Crippen LogP contribution in [0.15, 0.2) is 18.3 Å². The predicted molar refractivity (Wildman–Crippen MR) is 93.6 cm³/mol. The number of piperidine rings is 1. The Morgan fingerprint density at radius 1 is 1.23 bits per heavy atom. The maximum Gasteiger partial charge on any atom is 0.0462 e. The van der Waals surface area contributed by atoms with Gasteiger partial charge in [-0.15, -0.1) is 0 Å². The second kappa shape index (κ2) is 4.61. The number of nitrogens with zero attached hydrogens (tertiary/aromatic N) is 1. The summed E-state index contributed by atoms with van der Waals surface area (Å²) in [4.78, 5) is 6.15. The molecule has 118 valence electrons. The third-order valence-electron chi connectivity index (χ3n) is 5.87. The number of H-pyrrole nitrogens is 1. The zero-order chi connectivity index (χ0) is 15.6. The summed E-state index contributed by atoms with van der Waals surface area (Å²) < 4.78 is 0. The first-order valence-electron chi connectivity index (χ1n) is 8.69. The Morgan fingerprint density at radius 3 is 2.73 bits per heavy atom. The van der Waals surface area contributed by atoms with E-state index in [9.17, 15) is 0 Å². The molecule has 1 fully saturated rings. The van der Waals surface area contributed by atoms with Crippen LogP contribution in [-0.2, 0) is 11.8 Å². The number of hydrogen-bond acceptors (Lipinski definition) is 1. The SMILES string of the molecule is C[C@@H]1C[C@@H]2c3cc(C(C)(C)C)cc4[nH]cc(c34)C[C@H]2N(C)C1. The second-order valence-corrected chi connectivity index (χ2v) is 8.71. The molecule has 2 heterocycles. The van der Waals surface area contributed by atoms with Crippen LogP contribution < -0.4 is 0 Å². The van der Waals surface area contributed by atoms with Gasteiger partial charge >= 0.3 is 0 Å². The molecule has 0 amide bonds. The van der Waals surface area contributed by atoms with E-state index in [1.54, 1.807) is 5.56 Å². The Morgan fingerprint density at radius 2 is 2.00 bits per heavy atom. The van der Waals surface area contributed by atoms with Crippen LogP contribution in [0.3, 0.4) is 0 Å². The average molecular weight is 296 g/mol. The van der Waals surface area contributed by atoms with Crippen molar-refractivity contribution in [3.8, 4) is 0 Å². The van der Waals surface area contributed by atoms with Crippen molar-refractivity contribution in [1.82, 2.24) is 9.88 Å². The Bertz CT molecular complexity index is 719.